The van der Waals surface area contributed by atoms with E-state index in [1.807, 2.05) is 0 Å². The van der Waals surface area contributed by atoms with Crippen LogP contribution < -0.4 is 0 Å². The summed E-state index contributed by atoms with van der Waals surface area (Å²) in [5.74, 6) is 3.86. The van der Waals surface area contributed by atoms with Crippen molar-refractivity contribution in [1.29, 1.82) is 0 Å². The van der Waals surface area contributed by atoms with E-state index in [2.05, 4.69) is 39.5 Å². The zero-order valence-corrected chi connectivity index (χ0v) is 12.9. The largest absolute Gasteiger partial charge is 0.155 e. The molecule has 0 aromatic heterocycles. The predicted octanol–water partition coefficient (Wildman–Crippen LogP) is 5.37. The van der Waals surface area contributed by atoms with Crippen LogP contribution in [0.3, 0.4) is 0 Å². The van der Waals surface area contributed by atoms with Crippen molar-refractivity contribution in [3.8, 4) is 0 Å². The van der Waals surface area contributed by atoms with Gasteiger partial charge in [-0.25, -0.2) is 0 Å². The summed E-state index contributed by atoms with van der Waals surface area (Å²) in [6.07, 6.45) is 8.86. The molecule has 0 amide bonds. The monoisotopic (exact) mass is 254 g/mol. The maximum atomic E-state index is 2.46. The molecule has 0 bridgehead atoms. The molecule has 0 heterocycles. The van der Waals surface area contributed by atoms with E-state index in [1.54, 1.807) is 0 Å². The first-order valence-electron chi connectivity index (χ1n) is 7.71. The van der Waals surface area contributed by atoms with Gasteiger partial charge in [-0.05, 0) is 62.2 Å². The van der Waals surface area contributed by atoms with Gasteiger partial charge in [-0.3, -0.25) is 0 Å². The fourth-order valence-electron chi connectivity index (χ4n) is 3.52. The molecule has 0 aliphatic heterocycles. The number of hydrogen-bond acceptors (Lipinski definition) is 1. The molecule has 0 aromatic rings. The van der Waals surface area contributed by atoms with Crippen LogP contribution in [0.1, 0.15) is 66.2 Å². The molecule has 2 aliphatic rings. The molecule has 2 saturated carbocycles. The average Bonchev–Trinajstić information content (AvgIpc) is 2.29. The van der Waals surface area contributed by atoms with E-state index in [0.29, 0.717) is 0 Å². The van der Waals surface area contributed by atoms with Crippen molar-refractivity contribution in [3.63, 3.8) is 0 Å². The van der Waals surface area contributed by atoms with Gasteiger partial charge in [0.15, 0.2) is 0 Å². The van der Waals surface area contributed by atoms with E-state index in [1.165, 1.54) is 38.5 Å². The first kappa shape index (κ1) is 13.8. The Morgan fingerprint density at radius 1 is 0.588 bits per heavy atom. The molecular weight excluding hydrogens is 224 g/mol. The Morgan fingerprint density at radius 3 is 1.35 bits per heavy atom. The van der Waals surface area contributed by atoms with Gasteiger partial charge in [0, 0.05) is 10.5 Å². The highest BCUT2D eigenvalue weighted by atomic mass is 32.2. The van der Waals surface area contributed by atoms with E-state index in [4.69, 9.17) is 0 Å². The molecule has 6 atom stereocenters. The summed E-state index contributed by atoms with van der Waals surface area (Å²) in [5.41, 5.74) is 0. The topological polar surface area (TPSA) is 0 Å². The molecule has 100 valence electrons. The van der Waals surface area contributed by atoms with Gasteiger partial charge in [-0.2, -0.15) is 11.8 Å². The van der Waals surface area contributed by atoms with Crippen molar-refractivity contribution < 1.29 is 0 Å². The third-order valence-electron chi connectivity index (χ3n) is 5.49. The Balaban J connectivity index is 1.78. The van der Waals surface area contributed by atoms with Gasteiger partial charge in [0.05, 0.1) is 0 Å². The molecule has 0 spiro atoms. The second kappa shape index (κ2) is 5.99. The van der Waals surface area contributed by atoms with Gasteiger partial charge >= 0.3 is 0 Å². The fourth-order valence-corrected chi connectivity index (χ4v) is 5.43. The average molecular weight is 254 g/mol. The molecule has 0 saturated heterocycles. The normalized spacial score (nSPS) is 48.0. The Kier molecular flexibility index (Phi) is 4.86. The lowest BCUT2D eigenvalue weighted by Crippen LogP contribution is -2.27. The van der Waals surface area contributed by atoms with Crippen molar-refractivity contribution in [3.05, 3.63) is 0 Å². The highest BCUT2D eigenvalue weighted by Crippen LogP contribution is 2.42. The van der Waals surface area contributed by atoms with Crippen LogP contribution in [-0.2, 0) is 0 Å². The lowest BCUT2D eigenvalue weighted by Gasteiger charge is -2.37. The lowest BCUT2D eigenvalue weighted by molar-refractivity contribution is 0.273. The zero-order valence-electron chi connectivity index (χ0n) is 12.1. The Morgan fingerprint density at radius 2 is 1.00 bits per heavy atom. The maximum Gasteiger partial charge on any atom is 0.00525 e. The standard InChI is InChI=1S/C16H30S/c1-11-5-7-15(9-13(11)3)17-16-8-6-12(2)14(4)10-16/h11-16H,5-10H2,1-4H3. The lowest BCUT2D eigenvalue weighted by atomic mass is 9.81. The maximum absolute atomic E-state index is 2.46. The van der Waals surface area contributed by atoms with Gasteiger partial charge in [-0.1, -0.05) is 27.7 Å². The summed E-state index contributed by atoms with van der Waals surface area (Å²) in [6, 6.07) is 0. The molecule has 17 heavy (non-hydrogen) atoms. The SMILES string of the molecule is CC1CCC(SC2CCC(C)C(C)C2)CC1C. The number of hydrogen-bond donors (Lipinski definition) is 0. The smallest absolute Gasteiger partial charge is 0.00525 e. The highest BCUT2D eigenvalue weighted by Gasteiger charge is 2.30. The van der Waals surface area contributed by atoms with E-state index in [0.717, 1.165) is 34.2 Å². The zero-order chi connectivity index (χ0) is 12.4. The van der Waals surface area contributed by atoms with Crippen LogP contribution in [0.5, 0.6) is 0 Å². The molecule has 0 radical (unpaired) electrons. The van der Waals surface area contributed by atoms with Crippen molar-refractivity contribution in [2.24, 2.45) is 23.7 Å². The minimum absolute atomic E-state index is 0.959. The molecule has 2 fully saturated rings. The van der Waals surface area contributed by atoms with Crippen molar-refractivity contribution in [1.82, 2.24) is 0 Å². The molecule has 0 nitrogen and oxygen atoms in total. The van der Waals surface area contributed by atoms with Crippen LogP contribution in [0.2, 0.25) is 0 Å². The summed E-state index contributed by atoms with van der Waals surface area (Å²) < 4.78 is 0. The minimum Gasteiger partial charge on any atom is -0.155 e. The second-order valence-corrected chi connectivity index (χ2v) is 8.52. The Labute approximate surface area is 112 Å². The summed E-state index contributed by atoms with van der Waals surface area (Å²) >= 11 is 2.35. The van der Waals surface area contributed by atoms with E-state index < -0.39 is 0 Å². The van der Waals surface area contributed by atoms with Gasteiger partial charge < -0.3 is 0 Å². The van der Waals surface area contributed by atoms with Crippen LogP contribution in [0.15, 0.2) is 0 Å². The van der Waals surface area contributed by atoms with Gasteiger partial charge in [-0.15, -0.1) is 0 Å². The highest BCUT2D eigenvalue weighted by molar-refractivity contribution is 8.00. The summed E-state index contributed by atoms with van der Waals surface area (Å²) in [5, 5.41) is 1.96. The van der Waals surface area contributed by atoms with E-state index in [-0.39, 0.29) is 0 Å². The third-order valence-corrected chi connectivity index (χ3v) is 7.11. The van der Waals surface area contributed by atoms with Gasteiger partial charge in [0.25, 0.3) is 0 Å². The predicted molar refractivity (Wildman–Crippen MR) is 79.5 cm³/mol. The molecule has 0 aromatic carbocycles. The Bertz CT molecular complexity index is 214. The number of thioether (sulfide) groups is 1. The van der Waals surface area contributed by atoms with Crippen LogP contribution >= 0.6 is 11.8 Å². The van der Waals surface area contributed by atoms with Gasteiger partial charge in [0.2, 0.25) is 0 Å². The third kappa shape index (κ3) is 3.66. The van der Waals surface area contributed by atoms with E-state index in [9.17, 15) is 0 Å². The van der Waals surface area contributed by atoms with Crippen LogP contribution in [0.4, 0.5) is 0 Å². The Hall–Kier alpha value is 0.350. The second-order valence-electron chi connectivity index (χ2n) is 6.92. The summed E-state index contributed by atoms with van der Waals surface area (Å²) in [4.78, 5) is 0. The van der Waals surface area contributed by atoms with Crippen molar-refractivity contribution >= 4 is 11.8 Å². The quantitative estimate of drug-likeness (QED) is 0.638. The minimum atomic E-state index is 0.959. The van der Waals surface area contributed by atoms with E-state index >= 15 is 0 Å². The molecule has 1 heteroatoms. The molecule has 2 rings (SSSR count). The first-order valence-corrected chi connectivity index (χ1v) is 8.66. The molecule has 0 N–H and O–H groups in total. The first-order chi connectivity index (χ1) is 8.06. The number of rotatable bonds is 2. The molecule has 2 aliphatic carbocycles. The van der Waals surface area contributed by atoms with Crippen LogP contribution in [-0.4, -0.2) is 10.5 Å². The van der Waals surface area contributed by atoms with Crippen molar-refractivity contribution in [2.45, 2.75) is 76.7 Å². The van der Waals surface area contributed by atoms with Crippen LogP contribution in [0.25, 0.3) is 0 Å². The molecule has 6 unspecified atom stereocenters. The fraction of sp³-hybridized carbons (Fsp3) is 1.00. The summed E-state index contributed by atoms with van der Waals surface area (Å²) in [6.45, 7) is 9.80. The van der Waals surface area contributed by atoms with Crippen molar-refractivity contribution in [2.75, 3.05) is 0 Å². The van der Waals surface area contributed by atoms with Gasteiger partial charge in [0.1, 0.15) is 0 Å². The van der Waals surface area contributed by atoms with Crippen LogP contribution in [0, 0.1) is 23.7 Å². The molecular formula is C16H30S. The summed E-state index contributed by atoms with van der Waals surface area (Å²) in [7, 11) is 0.